The lowest BCUT2D eigenvalue weighted by atomic mass is 9.98. The molecule has 3 N–H and O–H groups in total. The number of fused-ring (bicyclic) bond motifs is 1. The Morgan fingerprint density at radius 3 is 2.45 bits per heavy atom. The minimum Gasteiger partial charge on any atom is -0.493 e. The van der Waals surface area contributed by atoms with E-state index in [1.165, 1.54) is 19.5 Å². The molecule has 0 radical (unpaired) electrons. The van der Waals surface area contributed by atoms with Crippen LogP contribution in [-0.4, -0.2) is 37.5 Å². The van der Waals surface area contributed by atoms with E-state index in [4.69, 9.17) is 15.2 Å². The third-order valence-electron chi connectivity index (χ3n) is 5.86. The number of nitrogen functional groups attached to an aromatic ring is 1. The third kappa shape index (κ3) is 4.48. The Morgan fingerprint density at radius 2 is 1.76 bits per heavy atom. The molecule has 3 heterocycles. The number of nitrogens with zero attached hydrogens (tertiary/aromatic N) is 5. The predicted molar refractivity (Wildman–Crippen MR) is 141 cm³/mol. The fourth-order valence-electron chi connectivity index (χ4n) is 4.16. The van der Waals surface area contributed by atoms with Crippen molar-refractivity contribution in [3.63, 3.8) is 0 Å². The Bertz CT molecular complexity index is 1670. The standard InChI is InChI=1S/C27H22FN7O3/c1-4-21(36)34-18-8-5-15(6-9-18)24-22(23-25(29)32-14-33-26(23)35(24)2)16-7-10-19(20(11-16)37-3)38-27-30-12-17(28)13-31-27/h4-14H,1H2,2-3H3,(H,34,36)(H2,29,32,33). The summed E-state index contributed by atoms with van der Waals surface area (Å²) < 4.78 is 26.4. The number of methoxy groups -OCH3 is 1. The van der Waals surface area contributed by atoms with E-state index in [0.717, 1.165) is 34.8 Å². The summed E-state index contributed by atoms with van der Waals surface area (Å²) in [5, 5.41) is 3.42. The van der Waals surface area contributed by atoms with Gasteiger partial charge in [0.1, 0.15) is 17.8 Å². The minimum atomic E-state index is -0.570. The molecule has 5 aromatic rings. The first-order valence-electron chi connectivity index (χ1n) is 11.4. The number of benzene rings is 2. The zero-order valence-electron chi connectivity index (χ0n) is 20.5. The van der Waals surface area contributed by atoms with E-state index in [1.54, 1.807) is 24.3 Å². The zero-order valence-corrected chi connectivity index (χ0v) is 20.5. The summed E-state index contributed by atoms with van der Waals surface area (Å²) in [6.07, 6.45) is 4.66. The number of hydrogen-bond acceptors (Lipinski definition) is 8. The number of hydrogen-bond donors (Lipinski definition) is 2. The lowest BCUT2D eigenvalue weighted by Crippen LogP contribution is -2.06. The average Bonchev–Trinajstić information content (AvgIpc) is 3.24. The molecule has 0 aliphatic rings. The molecule has 0 saturated heterocycles. The second-order valence-corrected chi connectivity index (χ2v) is 8.16. The number of nitrogens with two attached hydrogens (primary N) is 1. The van der Waals surface area contributed by atoms with Crippen LogP contribution in [0.5, 0.6) is 17.5 Å². The summed E-state index contributed by atoms with van der Waals surface area (Å²) >= 11 is 0. The molecule has 1 amide bonds. The van der Waals surface area contributed by atoms with Crippen molar-refractivity contribution in [2.24, 2.45) is 7.05 Å². The van der Waals surface area contributed by atoms with Gasteiger partial charge < -0.3 is 25.1 Å². The molecule has 0 aliphatic heterocycles. The summed E-state index contributed by atoms with van der Waals surface area (Å²) in [5.41, 5.74) is 10.8. The topological polar surface area (TPSA) is 130 Å². The quantitative estimate of drug-likeness (QED) is 0.300. The van der Waals surface area contributed by atoms with Crippen LogP contribution in [0.25, 0.3) is 33.4 Å². The van der Waals surface area contributed by atoms with E-state index < -0.39 is 5.82 Å². The van der Waals surface area contributed by atoms with Gasteiger partial charge in [0.05, 0.1) is 30.6 Å². The molecular weight excluding hydrogens is 489 g/mol. The van der Waals surface area contributed by atoms with Crippen LogP contribution in [0.15, 0.2) is 73.8 Å². The maximum Gasteiger partial charge on any atom is 0.322 e. The number of carbonyl (C=O) groups excluding carboxylic acids is 1. The average molecular weight is 512 g/mol. The van der Waals surface area contributed by atoms with Crippen LogP contribution in [-0.2, 0) is 11.8 Å². The van der Waals surface area contributed by atoms with E-state index in [-0.39, 0.29) is 11.9 Å². The molecule has 0 bridgehead atoms. The predicted octanol–water partition coefficient (Wildman–Crippen LogP) is 4.74. The molecule has 0 fully saturated rings. The van der Waals surface area contributed by atoms with Crippen molar-refractivity contribution in [2.45, 2.75) is 0 Å². The zero-order chi connectivity index (χ0) is 26.8. The first-order chi connectivity index (χ1) is 18.4. The van der Waals surface area contributed by atoms with Crippen LogP contribution in [0.3, 0.4) is 0 Å². The van der Waals surface area contributed by atoms with Gasteiger partial charge in [-0.3, -0.25) is 4.79 Å². The van der Waals surface area contributed by atoms with Crippen LogP contribution in [0.2, 0.25) is 0 Å². The summed E-state index contributed by atoms with van der Waals surface area (Å²) in [4.78, 5) is 28.0. The lowest BCUT2D eigenvalue weighted by Gasteiger charge is -2.13. The molecule has 38 heavy (non-hydrogen) atoms. The Kier molecular flexibility index (Phi) is 6.40. The first-order valence-corrected chi connectivity index (χ1v) is 11.4. The highest BCUT2D eigenvalue weighted by Crippen LogP contribution is 2.44. The van der Waals surface area contributed by atoms with Gasteiger partial charge in [0.25, 0.3) is 0 Å². The first kappa shape index (κ1) is 24.4. The fourth-order valence-corrected chi connectivity index (χ4v) is 4.16. The van der Waals surface area contributed by atoms with Crippen LogP contribution in [0, 0.1) is 5.82 Å². The van der Waals surface area contributed by atoms with E-state index in [0.29, 0.717) is 34.0 Å². The number of ether oxygens (including phenoxy) is 2. The molecule has 11 heteroatoms. The van der Waals surface area contributed by atoms with E-state index >= 15 is 0 Å². The number of amides is 1. The molecule has 0 unspecified atom stereocenters. The molecule has 2 aromatic carbocycles. The molecule has 190 valence electrons. The number of rotatable bonds is 7. The normalized spacial score (nSPS) is 10.8. The van der Waals surface area contributed by atoms with Gasteiger partial charge >= 0.3 is 6.01 Å². The molecule has 0 saturated carbocycles. The summed E-state index contributed by atoms with van der Waals surface area (Å²) in [7, 11) is 3.40. The van der Waals surface area contributed by atoms with Gasteiger partial charge in [0.2, 0.25) is 5.91 Å². The summed E-state index contributed by atoms with van der Waals surface area (Å²) in [6.45, 7) is 3.48. The molecule has 0 atom stereocenters. The summed E-state index contributed by atoms with van der Waals surface area (Å²) in [5.74, 6) is 0.193. The van der Waals surface area contributed by atoms with Gasteiger partial charge in [0, 0.05) is 18.3 Å². The molecule has 10 nitrogen and oxygen atoms in total. The Balaban J connectivity index is 1.64. The highest BCUT2D eigenvalue weighted by Gasteiger charge is 2.23. The van der Waals surface area contributed by atoms with Crippen molar-refractivity contribution in [3.05, 3.63) is 79.7 Å². The van der Waals surface area contributed by atoms with Crippen molar-refractivity contribution in [2.75, 3.05) is 18.2 Å². The van der Waals surface area contributed by atoms with Crippen LogP contribution < -0.4 is 20.5 Å². The van der Waals surface area contributed by atoms with Crippen LogP contribution in [0.1, 0.15) is 0 Å². The maximum atomic E-state index is 13.2. The van der Waals surface area contributed by atoms with Crippen molar-refractivity contribution < 1.29 is 18.7 Å². The highest BCUT2D eigenvalue weighted by molar-refractivity contribution is 6.08. The second-order valence-electron chi connectivity index (χ2n) is 8.16. The lowest BCUT2D eigenvalue weighted by molar-refractivity contribution is -0.111. The maximum absolute atomic E-state index is 13.2. The number of nitrogens with one attached hydrogen (secondary N) is 1. The largest absolute Gasteiger partial charge is 0.493 e. The van der Waals surface area contributed by atoms with Gasteiger partial charge in [-0.1, -0.05) is 24.8 Å². The van der Waals surface area contributed by atoms with E-state index in [2.05, 4.69) is 31.8 Å². The van der Waals surface area contributed by atoms with Gasteiger partial charge in [0.15, 0.2) is 17.3 Å². The number of halogens is 1. The van der Waals surface area contributed by atoms with Gasteiger partial charge in [-0.15, -0.1) is 0 Å². The number of anilines is 2. The Hall–Kier alpha value is -5.32. The molecule has 0 spiro atoms. The molecule has 5 rings (SSSR count). The van der Waals surface area contributed by atoms with E-state index in [1.807, 2.05) is 29.8 Å². The van der Waals surface area contributed by atoms with Crippen LogP contribution in [0.4, 0.5) is 15.9 Å². The van der Waals surface area contributed by atoms with Crippen LogP contribution >= 0.6 is 0 Å². The second kappa shape index (κ2) is 9.97. The number of aromatic nitrogens is 5. The molecule has 0 aliphatic carbocycles. The third-order valence-corrected chi connectivity index (χ3v) is 5.86. The van der Waals surface area contributed by atoms with Crippen molar-refractivity contribution in [1.29, 1.82) is 0 Å². The van der Waals surface area contributed by atoms with Crippen molar-refractivity contribution in [1.82, 2.24) is 24.5 Å². The fraction of sp³-hybridized carbons (Fsp3) is 0.0741. The number of aryl methyl sites for hydroxylation is 1. The minimum absolute atomic E-state index is 0.0235. The Morgan fingerprint density at radius 1 is 1.05 bits per heavy atom. The van der Waals surface area contributed by atoms with Gasteiger partial charge in [-0.05, 0) is 41.5 Å². The smallest absolute Gasteiger partial charge is 0.322 e. The Labute approximate surface area is 216 Å². The summed E-state index contributed by atoms with van der Waals surface area (Å²) in [6, 6.07) is 12.7. The van der Waals surface area contributed by atoms with Crippen molar-refractivity contribution >= 4 is 28.4 Å². The highest BCUT2D eigenvalue weighted by atomic mass is 19.1. The monoisotopic (exact) mass is 511 g/mol. The number of carbonyl (C=O) groups is 1. The van der Waals surface area contributed by atoms with E-state index in [9.17, 15) is 9.18 Å². The SMILES string of the molecule is C=CC(=O)Nc1ccc(-c2c(-c3ccc(Oc4ncc(F)cn4)c(OC)c3)c3c(N)ncnc3n2C)cc1. The van der Waals surface area contributed by atoms with Crippen molar-refractivity contribution in [3.8, 4) is 39.9 Å². The molecule has 3 aromatic heterocycles. The molecular formula is C27H22FN7O3. The van der Waals surface area contributed by atoms with Gasteiger partial charge in [-0.2, -0.15) is 0 Å². The van der Waals surface area contributed by atoms with Gasteiger partial charge in [-0.25, -0.2) is 24.3 Å².